The van der Waals surface area contributed by atoms with E-state index in [-0.39, 0.29) is 0 Å². The van der Waals surface area contributed by atoms with E-state index in [1.165, 1.54) is 11.1 Å². The van der Waals surface area contributed by atoms with Crippen molar-refractivity contribution in [3.63, 3.8) is 0 Å². The molecule has 0 radical (unpaired) electrons. The second-order valence-corrected chi connectivity index (χ2v) is 3.64. The zero-order valence-corrected chi connectivity index (χ0v) is 9.00. The van der Waals surface area contributed by atoms with Crippen LogP contribution in [0.25, 0.3) is 13.2 Å². The highest BCUT2D eigenvalue weighted by Gasteiger charge is 1.97. The molecular formula is C15H16. The molecule has 1 aliphatic rings. The third-order valence-corrected chi connectivity index (χ3v) is 2.03. The number of rotatable bonds is 0. The predicted octanol–water partition coefficient (Wildman–Crippen LogP) is 2.57. The second kappa shape index (κ2) is 5.16. The lowest BCUT2D eigenvalue weighted by molar-refractivity contribution is 1.29. The van der Waals surface area contributed by atoms with Crippen molar-refractivity contribution in [1.29, 1.82) is 0 Å². The van der Waals surface area contributed by atoms with Gasteiger partial charge in [0.05, 0.1) is 0 Å². The molecule has 0 saturated heterocycles. The summed E-state index contributed by atoms with van der Waals surface area (Å²) in [6, 6.07) is 7.79. The molecule has 1 aromatic rings. The van der Waals surface area contributed by atoms with Crippen LogP contribution in [0.1, 0.15) is 6.42 Å². The molecule has 2 rings (SSSR count). The fourth-order valence-electron chi connectivity index (χ4n) is 1.18. The van der Waals surface area contributed by atoms with Crippen molar-refractivity contribution < 1.29 is 0 Å². The summed E-state index contributed by atoms with van der Waals surface area (Å²) in [6.45, 7) is 15.0. The molecule has 1 aromatic carbocycles. The van der Waals surface area contributed by atoms with Crippen molar-refractivity contribution in [3.05, 3.63) is 71.2 Å². The lowest BCUT2D eigenvalue weighted by Gasteiger charge is -1.83. The lowest BCUT2D eigenvalue weighted by atomic mass is 10.2. The molecule has 0 aromatic heterocycles. The maximum atomic E-state index is 3.76. The Bertz CT molecular complexity index is 421. The van der Waals surface area contributed by atoms with Crippen LogP contribution in [0, 0.1) is 0 Å². The summed E-state index contributed by atoms with van der Waals surface area (Å²) in [5.74, 6) is 0. The average Bonchev–Trinajstić information content (AvgIpc) is 2.56. The third-order valence-electron chi connectivity index (χ3n) is 2.03. The minimum absolute atomic E-state index is 0.972. The van der Waals surface area contributed by atoms with E-state index in [9.17, 15) is 0 Å². The summed E-state index contributed by atoms with van der Waals surface area (Å²) in [5.41, 5.74) is 2.34. The van der Waals surface area contributed by atoms with Gasteiger partial charge in [-0.15, -0.1) is 0 Å². The van der Waals surface area contributed by atoms with Crippen molar-refractivity contribution >= 4 is 13.2 Å². The van der Waals surface area contributed by atoms with E-state index in [2.05, 4.69) is 26.3 Å². The van der Waals surface area contributed by atoms with Crippen LogP contribution in [-0.2, 0) is 0 Å². The van der Waals surface area contributed by atoms with E-state index in [1.54, 1.807) is 0 Å². The molecule has 0 N–H and O–H groups in total. The Morgan fingerprint density at radius 1 is 0.667 bits per heavy atom. The minimum atomic E-state index is 0.972. The van der Waals surface area contributed by atoms with Crippen LogP contribution in [0.15, 0.2) is 60.7 Å². The van der Waals surface area contributed by atoms with Gasteiger partial charge in [-0.3, -0.25) is 0 Å². The Kier molecular flexibility index (Phi) is 3.87. The van der Waals surface area contributed by atoms with Crippen molar-refractivity contribution in [2.45, 2.75) is 6.42 Å². The maximum Gasteiger partial charge on any atom is -0.00375 e. The highest BCUT2D eigenvalue weighted by atomic mass is 14.0. The van der Waals surface area contributed by atoms with E-state index < -0.39 is 0 Å². The van der Waals surface area contributed by atoms with Gasteiger partial charge < -0.3 is 0 Å². The van der Waals surface area contributed by atoms with Gasteiger partial charge in [0.1, 0.15) is 0 Å². The highest BCUT2D eigenvalue weighted by molar-refractivity contribution is 5.36. The fraction of sp³-hybridized carbons (Fsp3) is 0.0667. The highest BCUT2D eigenvalue weighted by Crippen LogP contribution is 2.17. The zero-order valence-electron chi connectivity index (χ0n) is 9.00. The first-order valence-electron chi connectivity index (χ1n) is 4.85. The van der Waals surface area contributed by atoms with Crippen LogP contribution in [0.4, 0.5) is 0 Å². The topological polar surface area (TPSA) is 0 Å². The number of benzene rings is 1. The SMILES string of the molecule is C=C1C=CC(=C)C1.C=c1ccc(=C)cc1. The van der Waals surface area contributed by atoms with Gasteiger partial charge in [0.15, 0.2) is 0 Å². The first-order valence-corrected chi connectivity index (χ1v) is 4.85. The van der Waals surface area contributed by atoms with E-state index in [1.807, 2.05) is 36.4 Å². The summed E-state index contributed by atoms with van der Waals surface area (Å²) < 4.78 is 0. The van der Waals surface area contributed by atoms with Crippen molar-refractivity contribution in [3.8, 4) is 0 Å². The minimum Gasteiger partial charge on any atom is -0.0955 e. The lowest BCUT2D eigenvalue weighted by Crippen LogP contribution is -2.02. The van der Waals surface area contributed by atoms with Gasteiger partial charge in [0.25, 0.3) is 0 Å². The second-order valence-electron chi connectivity index (χ2n) is 3.64. The summed E-state index contributed by atoms with van der Waals surface area (Å²) in [5, 5.41) is 2.08. The molecule has 0 nitrogen and oxygen atoms in total. The molecule has 15 heavy (non-hydrogen) atoms. The van der Waals surface area contributed by atoms with Gasteiger partial charge in [-0.1, -0.05) is 73.9 Å². The quantitative estimate of drug-likeness (QED) is 0.598. The number of hydrogen-bond acceptors (Lipinski definition) is 0. The Balaban J connectivity index is 0.000000151. The third kappa shape index (κ3) is 4.28. The molecule has 0 amide bonds. The van der Waals surface area contributed by atoms with Crippen LogP contribution in [-0.4, -0.2) is 0 Å². The summed E-state index contributed by atoms with van der Waals surface area (Å²) in [7, 11) is 0. The predicted molar refractivity (Wildman–Crippen MR) is 68.8 cm³/mol. The van der Waals surface area contributed by atoms with Gasteiger partial charge in [-0.2, -0.15) is 0 Å². The van der Waals surface area contributed by atoms with Gasteiger partial charge in [0, 0.05) is 0 Å². The summed E-state index contributed by atoms with van der Waals surface area (Å²) in [4.78, 5) is 0. The molecule has 0 unspecified atom stereocenters. The van der Waals surface area contributed by atoms with Crippen LogP contribution < -0.4 is 10.4 Å². The zero-order chi connectivity index (χ0) is 11.3. The summed E-state index contributed by atoms with van der Waals surface area (Å²) >= 11 is 0. The molecule has 0 bridgehead atoms. The molecule has 0 spiro atoms. The van der Waals surface area contributed by atoms with E-state index in [0.29, 0.717) is 0 Å². The normalized spacial score (nSPS) is 13.6. The molecular weight excluding hydrogens is 180 g/mol. The van der Waals surface area contributed by atoms with Crippen LogP contribution in [0.5, 0.6) is 0 Å². The monoisotopic (exact) mass is 196 g/mol. The van der Waals surface area contributed by atoms with Crippen LogP contribution in [0.3, 0.4) is 0 Å². The molecule has 0 heteroatoms. The Labute approximate surface area is 91.3 Å². The smallest absolute Gasteiger partial charge is 0.00375 e. The first-order chi connectivity index (χ1) is 7.08. The summed E-state index contributed by atoms with van der Waals surface area (Å²) in [6.07, 6.45) is 4.98. The average molecular weight is 196 g/mol. The molecule has 0 heterocycles. The van der Waals surface area contributed by atoms with Crippen molar-refractivity contribution in [2.24, 2.45) is 0 Å². The largest absolute Gasteiger partial charge is 0.0955 e. The molecule has 0 aliphatic heterocycles. The Morgan fingerprint density at radius 3 is 1.20 bits per heavy atom. The van der Waals surface area contributed by atoms with Gasteiger partial charge in [-0.25, -0.2) is 0 Å². The molecule has 0 fully saturated rings. The van der Waals surface area contributed by atoms with Gasteiger partial charge in [0.2, 0.25) is 0 Å². The Hall–Kier alpha value is -1.82. The first kappa shape index (κ1) is 11.3. The maximum absolute atomic E-state index is 3.76. The molecule has 76 valence electrons. The van der Waals surface area contributed by atoms with E-state index in [4.69, 9.17) is 0 Å². The Morgan fingerprint density at radius 2 is 1.00 bits per heavy atom. The molecule has 0 saturated carbocycles. The molecule has 0 atom stereocenters. The van der Waals surface area contributed by atoms with E-state index >= 15 is 0 Å². The van der Waals surface area contributed by atoms with Crippen LogP contribution >= 0.6 is 0 Å². The van der Waals surface area contributed by atoms with Crippen molar-refractivity contribution in [1.82, 2.24) is 0 Å². The van der Waals surface area contributed by atoms with Crippen molar-refractivity contribution in [2.75, 3.05) is 0 Å². The van der Waals surface area contributed by atoms with E-state index in [0.717, 1.165) is 16.9 Å². The van der Waals surface area contributed by atoms with Crippen LogP contribution in [0.2, 0.25) is 0 Å². The van der Waals surface area contributed by atoms with Gasteiger partial charge in [-0.05, 0) is 16.9 Å². The standard InChI is InChI=1S/C8H8.C7H8/c1-7-3-5-8(2)6-4-7;1-6-3-4-7(2)5-6/h3-6H,1-2H2;3-4H,1-2,5H2. The van der Waals surface area contributed by atoms with Gasteiger partial charge >= 0.3 is 0 Å². The fourth-order valence-corrected chi connectivity index (χ4v) is 1.18. The number of allylic oxidation sites excluding steroid dienone is 4. The molecule has 1 aliphatic carbocycles. The number of hydrogen-bond donors (Lipinski definition) is 0.